The lowest BCUT2D eigenvalue weighted by Crippen LogP contribution is -2.48. The zero-order valence-corrected chi connectivity index (χ0v) is 17.5. The fraction of sp³-hybridized carbons (Fsp3) is 0.333. The minimum atomic E-state index is -0.447. The van der Waals surface area contributed by atoms with Gasteiger partial charge in [0.05, 0.1) is 25.1 Å². The summed E-state index contributed by atoms with van der Waals surface area (Å²) in [6.45, 7) is 1.83. The lowest BCUT2D eigenvalue weighted by molar-refractivity contribution is -0.0963. The van der Waals surface area contributed by atoms with Gasteiger partial charge < -0.3 is 19.5 Å². The van der Waals surface area contributed by atoms with Gasteiger partial charge in [0.1, 0.15) is 5.60 Å². The zero-order chi connectivity index (χ0) is 21.4. The number of fused-ring (bicyclic) bond motifs is 2. The van der Waals surface area contributed by atoms with Crippen LogP contribution in [0.1, 0.15) is 34.5 Å². The van der Waals surface area contributed by atoms with Crippen LogP contribution in [0.25, 0.3) is 5.69 Å². The Kier molecular flexibility index (Phi) is 4.90. The molecule has 2 aromatic carbocycles. The monoisotopic (exact) mass is 419 g/mol. The molecule has 31 heavy (non-hydrogen) atoms. The highest BCUT2D eigenvalue weighted by Crippen LogP contribution is 2.41. The summed E-state index contributed by atoms with van der Waals surface area (Å²) in [5, 5.41) is 14.7. The SMILES string of the molecule is COc1cc(C(=O)N2CCC3(CC2)OCCc2cn(-c4ccccc4)nc23)ccc1O. The van der Waals surface area contributed by atoms with Gasteiger partial charge in [-0.1, -0.05) is 18.2 Å². The van der Waals surface area contributed by atoms with E-state index < -0.39 is 5.60 Å². The summed E-state index contributed by atoms with van der Waals surface area (Å²) in [5.74, 6) is 0.249. The number of piperidine rings is 1. The van der Waals surface area contributed by atoms with Gasteiger partial charge in [0.15, 0.2) is 11.5 Å². The number of carbonyl (C=O) groups is 1. The van der Waals surface area contributed by atoms with Gasteiger partial charge in [-0.05, 0) is 55.2 Å². The van der Waals surface area contributed by atoms with Crippen molar-refractivity contribution in [1.82, 2.24) is 14.7 Å². The Morgan fingerprint density at radius 2 is 1.94 bits per heavy atom. The molecule has 5 rings (SSSR count). The number of phenolic OH excluding ortho intramolecular Hbond substituents is 1. The van der Waals surface area contributed by atoms with Crippen molar-refractivity contribution in [2.75, 3.05) is 26.8 Å². The molecule has 1 spiro atoms. The third kappa shape index (κ3) is 3.45. The highest BCUT2D eigenvalue weighted by molar-refractivity contribution is 5.95. The Labute approximate surface area is 180 Å². The first-order valence-corrected chi connectivity index (χ1v) is 10.5. The number of aromatic hydroxyl groups is 1. The second-order valence-corrected chi connectivity index (χ2v) is 8.05. The first kappa shape index (κ1) is 19.6. The van der Waals surface area contributed by atoms with Crippen LogP contribution >= 0.6 is 0 Å². The molecule has 7 nitrogen and oxygen atoms in total. The number of likely N-dealkylation sites (tertiary alicyclic amines) is 1. The molecule has 3 aromatic rings. The van der Waals surface area contributed by atoms with Crippen LogP contribution in [0.15, 0.2) is 54.7 Å². The second-order valence-electron chi connectivity index (χ2n) is 8.05. The number of amides is 1. The molecule has 0 bridgehead atoms. The van der Waals surface area contributed by atoms with Gasteiger partial charge in [-0.2, -0.15) is 5.10 Å². The van der Waals surface area contributed by atoms with Gasteiger partial charge in [-0.3, -0.25) is 4.79 Å². The molecule has 3 heterocycles. The summed E-state index contributed by atoms with van der Waals surface area (Å²) < 4.78 is 13.4. The van der Waals surface area contributed by atoms with Crippen LogP contribution in [-0.4, -0.2) is 52.5 Å². The van der Waals surface area contributed by atoms with Crippen molar-refractivity contribution in [2.24, 2.45) is 0 Å². The van der Waals surface area contributed by atoms with Gasteiger partial charge in [-0.25, -0.2) is 4.68 Å². The Morgan fingerprint density at radius 1 is 1.16 bits per heavy atom. The molecule has 0 unspecified atom stereocenters. The molecule has 0 aliphatic carbocycles. The quantitative estimate of drug-likeness (QED) is 0.705. The molecule has 2 aliphatic rings. The van der Waals surface area contributed by atoms with Gasteiger partial charge >= 0.3 is 0 Å². The van der Waals surface area contributed by atoms with Crippen LogP contribution in [0, 0.1) is 0 Å². The van der Waals surface area contributed by atoms with E-state index in [0.29, 0.717) is 43.9 Å². The minimum Gasteiger partial charge on any atom is -0.504 e. The molecular weight excluding hydrogens is 394 g/mol. The minimum absolute atomic E-state index is 0.0220. The van der Waals surface area contributed by atoms with E-state index in [0.717, 1.165) is 17.8 Å². The number of methoxy groups -OCH3 is 1. The standard InChI is InChI=1S/C24H25N3O4/c1-30-21-15-17(7-8-20(21)28)23(29)26-12-10-24(11-13-26)22-18(9-14-31-24)16-27(25-22)19-5-3-2-4-6-19/h2-8,15-16,28H,9-14H2,1H3. The molecule has 0 saturated carbocycles. The van der Waals surface area contributed by atoms with Crippen molar-refractivity contribution < 1.29 is 19.4 Å². The van der Waals surface area contributed by atoms with E-state index in [9.17, 15) is 9.90 Å². The fourth-order valence-corrected chi connectivity index (χ4v) is 4.56. The largest absolute Gasteiger partial charge is 0.504 e. The maximum absolute atomic E-state index is 13.0. The number of hydrogen-bond donors (Lipinski definition) is 1. The molecular formula is C24H25N3O4. The van der Waals surface area contributed by atoms with E-state index >= 15 is 0 Å². The number of phenols is 1. The summed E-state index contributed by atoms with van der Waals surface area (Å²) in [6, 6.07) is 14.8. The molecule has 1 aromatic heterocycles. The van der Waals surface area contributed by atoms with Gasteiger partial charge in [0, 0.05) is 24.8 Å². The number of hydrogen-bond acceptors (Lipinski definition) is 5. The molecule has 1 N–H and O–H groups in total. The Bertz CT molecular complexity index is 1100. The third-order valence-electron chi connectivity index (χ3n) is 6.28. The average molecular weight is 419 g/mol. The van der Waals surface area contributed by atoms with Gasteiger partial charge in [-0.15, -0.1) is 0 Å². The highest BCUT2D eigenvalue weighted by Gasteiger charge is 2.44. The average Bonchev–Trinajstić information content (AvgIpc) is 3.26. The maximum atomic E-state index is 13.0. The molecule has 160 valence electrons. The van der Waals surface area contributed by atoms with E-state index in [1.54, 1.807) is 12.1 Å². The highest BCUT2D eigenvalue weighted by atomic mass is 16.5. The van der Waals surface area contributed by atoms with E-state index in [1.165, 1.54) is 18.7 Å². The summed E-state index contributed by atoms with van der Waals surface area (Å²) in [7, 11) is 1.47. The fourth-order valence-electron chi connectivity index (χ4n) is 4.56. The zero-order valence-electron chi connectivity index (χ0n) is 17.5. The number of carbonyl (C=O) groups excluding carboxylic acids is 1. The van der Waals surface area contributed by atoms with Crippen molar-refractivity contribution in [3.8, 4) is 17.2 Å². The van der Waals surface area contributed by atoms with Crippen LogP contribution < -0.4 is 4.74 Å². The second kappa shape index (κ2) is 7.74. The van der Waals surface area contributed by atoms with Crippen LogP contribution in [0.3, 0.4) is 0 Å². The van der Waals surface area contributed by atoms with E-state index in [4.69, 9.17) is 14.6 Å². The van der Waals surface area contributed by atoms with E-state index in [-0.39, 0.29) is 11.7 Å². The van der Waals surface area contributed by atoms with Crippen molar-refractivity contribution in [1.29, 1.82) is 0 Å². The number of nitrogens with zero attached hydrogens (tertiary/aromatic N) is 3. The molecule has 1 saturated heterocycles. The number of benzene rings is 2. The van der Waals surface area contributed by atoms with Crippen molar-refractivity contribution >= 4 is 5.91 Å². The first-order chi connectivity index (χ1) is 15.1. The lowest BCUT2D eigenvalue weighted by atomic mass is 9.83. The Balaban J connectivity index is 1.36. The summed E-state index contributed by atoms with van der Waals surface area (Å²) >= 11 is 0. The topological polar surface area (TPSA) is 76.8 Å². The number of ether oxygens (including phenoxy) is 2. The third-order valence-corrected chi connectivity index (χ3v) is 6.28. The lowest BCUT2D eigenvalue weighted by Gasteiger charge is -2.43. The molecule has 1 amide bonds. The molecule has 0 radical (unpaired) electrons. The van der Waals surface area contributed by atoms with E-state index in [1.807, 2.05) is 39.9 Å². The van der Waals surface area contributed by atoms with Gasteiger partial charge in [0.25, 0.3) is 5.91 Å². The number of para-hydroxylation sites is 1. The normalized spacial score (nSPS) is 17.4. The van der Waals surface area contributed by atoms with Crippen LogP contribution in [0.5, 0.6) is 11.5 Å². The molecule has 1 fully saturated rings. The molecule has 2 aliphatic heterocycles. The Morgan fingerprint density at radius 3 is 2.68 bits per heavy atom. The molecule has 0 atom stereocenters. The van der Waals surface area contributed by atoms with Crippen molar-refractivity contribution in [2.45, 2.75) is 24.9 Å². The Hall–Kier alpha value is -3.32. The maximum Gasteiger partial charge on any atom is 0.253 e. The van der Waals surface area contributed by atoms with Crippen LogP contribution in [0.4, 0.5) is 0 Å². The number of rotatable bonds is 3. The van der Waals surface area contributed by atoms with Crippen LogP contribution in [-0.2, 0) is 16.8 Å². The van der Waals surface area contributed by atoms with Gasteiger partial charge in [0.2, 0.25) is 0 Å². The summed E-state index contributed by atoms with van der Waals surface area (Å²) in [4.78, 5) is 14.8. The number of aromatic nitrogens is 2. The summed E-state index contributed by atoms with van der Waals surface area (Å²) in [6.07, 6.45) is 4.36. The summed E-state index contributed by atoms with van der Waals surface area (Å²) in [5.41, 5.74) is 3.31. The first-order valence-electron chi connectivity index (χ1n) is 10.5. The van der Waals surface area contributed by atoms with Crippen molar-refractivity contribution in [3.63, 3.8) is 0 Å². The molecule has 7 heteroatoms. The van der Waals surface area contributed by atoms with Crippen molar-refractivity contribution in [3.05, 3.63) is 71.5 Å². The predicted molar refractivity (Wildman–Crippen MR) is 115 cm³/mol. The van der Waals surface area contributed by atoms with E-state index in [2.05, 4.69) is 6.20 Å². The predicted octanol–water partition coefficient (Wildman–Crippen LogP) is 3.29. The smallest absolute Gasteiger partial charge is 0.253 e. The van der Waals surface area contributed by atoms with Crippen LogP contribution in [0.2, 0.25) is 0 Å².